The van der Waals surface area contributed by atoms with Crippen LogP contribution in [0, 0.1) is 11.3 Å². The Morgan fingerprint density at radius 1 is 1.35 bits per heavy atom. The van der Waals surface area contributed by atoms with Crippen molar-refractivity contribution >= 4 is 18.3 Å². The minimum Gasteiger partial charge on any atom is -0.369 e. The first-order valence-electron chi connectivity index (χ1n) is 5.05. The van der Waals surface area contributed by atoms with Crippen LogP contribution in [0.2, 0.25) is 0 Å². The summed E-state index contributed by atoms with van der Waals surface area (Å²) >= 11 is 0. The minimum atomic E-state index is -0.537. The molecule has 4 heteroatoms. The highest BCUT2D eigenvalue weighted by molar-refractivity contribution is 6.04. The zero-order chi connectivity index (χ0) is 12.7. The normalized spacial score (nSPS) is 11.2. The molecule has 86 valence electrons. The summed E-state index contributed by atoms with van der Waals surface area (Å²) in [4.78, 5) is 16.9. The molecule has 0 atom stereocenters. The first kappa shape index (κ1) is 12.7. The van der Waals surface area contributed by atoms with E-state index in [1.54, 1.807) is 19.0 Å². The van der Waals surface area contributed by atoms with Crippen molar-refractivity contribution < 1.29 is 4.79 Å². The molecule has 1 amide bonds. The predicted octanol–water partition coefficient (Wildman–Crippen LogP) is 1.71. The Bertz CT molecular complexity index is 481. The lowest BCUT2D eigenvalue weighted by Gasteiger charge is -2.01. The fourth-order valence-corrected chi connectivity index (χ4v) is 1.10. The van der Waals surface area contributed by atoms with Gasteiger partial charge >= 0.3 is 0 Å². The topological polar surface area (TPSA) is 56.5 Å². The van der Waals surface area contributed by atoms with E-state index in [0.29, 0.717) is 0 Å². The van der Waals surface area contributed by atoms with Gasteiger partial charge in [0.05, 0.1) is 6.34 Å². The summed E-state index contributed by atoms with van der Waals surface area (Å²) in [5, 5.41) is 8.90. The molecule has 0 aliphatic heterocycles. The molecule has 1 rings (SSSR count). The number of carbonyl (C=O) groups excluding carboxylic acids is 1. The minimum absolute atomic E-state index is 0.0225. The quantitative estimate of drug-likeness (QED) is 0.342. The van der Waals surface area contributed by atoms with Crippen molar-refractivity contribution in [1.29, 1.82) is 5.26 Å². The molecule has 0 heterocycles. The van der Waals surface area contributed by atoms with Crippen LogP contribution in [-0.2, 0) is 4.79 Å². The Morgan fingerprint density at radius 2 is 2.00 bits per heavy atom. The fraction of sp³-hybridized carbons (Fsp3) is 0.154. The van der Waals surface area contributed by atoms with Crippen molar-refractivity contribution in [1.82, 2.24) is 4.90 Å². The van der Waals surface area contributed by atoms with E-state index in [2.05, 4.69) is 4.99 Å². The summed E-state index contributed by atoms with van der Waals surface area (Å²) in [5.74, 6) is -0.537. The van der Waals surface area contributed by atoms with Gasteiger partial charge in [-0.2, -0.15) is 10.3 Å². The van der Waals surface area contributed by atoms with E-state index < -0.39 is 5.91 Å². The number of nitrogens with zero attached hydrogens (tertiary/aromatic N) is 3. The SMILES string of the molecule is CN(C)C=NC(=O)/C(C#N)=C/c1ccccc1. The average Bonchev–Trinajstić information content (AvgIpc) is 2.34. The van der Waals surface area contributed by atoms with Crippen molar-refractivity contribution in [3.63, 3.8) is 0 Å². The summed E-state index contributed by atoms with van der Waals surface area (Å²) in [6.45, 7) is 0. The number of nitriles is 1. The lowest BCUT2D eigenvalue weighted by Crippen LogP contribution is -2.10. The summed E-state index contributed by atoms with van der Waals surface area (Å²) in [6.07, 6.45) is 2.90. The van der Waals surface area contributed by atoms with E-state index in [0.717, 1.165) is 5.56 Å². The predicted molar refractivity (Wildman–Crippen MR) is 67.2 cm³/mol. The van der Waals surface area contributed by atoms with Crippen LogP contribution in [0.5, 0.6) is 0 Å². The van der Waals surface area contributed by atoms with Crippen LogP contribution >= 0.6 is 0 Å². The third-order valence-electron chi connectivity index (χ3n) is 1.87. The average molecular weight is 227 g/mol. The highest BCUT2D eigenvalue weighted by Gasteiger charge is 2.06. The first-order valence-corrected chi connectivity index (χ1v) is 5.05. The van der Waals surface area contributed by atoms with E-state index >= 15 is 0 Å². The van der Waals surface area contributed by atoms with Crippen molar-refractivity contribution in [2.24, 2.45) is 4.99 Å². The number of aliphatic imine (C=N–C) groups is 1. The second kappa shape index (κ2) is 6.23. The molecule has 4 nitrogen and oxygen atoms in total. The van der Waals surface area contributed by atoms with Crippen molar-refractivity contribution in [3.05, 3.63) is 41.5 Å². The third kappa shape index (κ3) is 4.31. The molecule has 0 fully saturated rings. The van der Waals surface area contributed by atoms with Gasteiger partial charge in [-0.1, -0.05) is 30.3 Å². The smallest absolute Gasteiger partial charge is 0.289 e. The first-order chi connectivity index (χ1) is 8.13. The van der Waals surface area contributed by atoms with Gasteiger partial charge in [0.2, 0.25) is 0 Å². The van der Waals surface area contributed by atoms with Crippen molar-refractivity contribution in [3.8, 4) is 6.07 Å². The van der Waals surface area contributed by atoms with E-state index in [9.17, 15) is 4.79 Å². The highest BCUT2D eigenvalue weighted by atomic mass is 16.1. The molecular formula is C13H13N3O. The van der Waals surface area contributed by atoms with Crippen LogP contribution in [0.15, 0.2) is 40.9 Å². The maximum absolute atomic E-state index is 11.6. The van der Waals surface area contributed by atoms with Gasteiger partial charge in [-0.15, -0.1) is 0 Å². The van der Waals surface area contributed by atoms with Gasteiger partial charge in [0.15, 0.2) is 0 Å². The lowest BCUT2D eigenvalue weighted by atomic mass is 10.1. The van der Waals surface area contributed by atoms with Crippen LogP contribution in [0.3, 0.4) is 0 Å². The Balaban J connectivity index is 2.90. The highest BCUT2D eigenvalue weighted by Crippen LogP contribution is 2.07. The number of benzene rings is 1. The number of carbonyl (C=O) groups is 1. The van der Waals surface area contributed by atoms with Crippen LogP contribution in [0.25, 0.3) is 6.08 Å². The molecule has 0 saturated heterocycles. The molecular weight excluding hydrogens is 214 g/mol. The largest absolute Gasteiger partial charge is 0.369 e. The van der Waals surface area contributed by atoms with Gasteiger partial charge < -0.3 is 4.90 Å². The molecule has 0 unspecified atom stereocenters. The number of amides is 1. The Kier molecular flexibility index (Phi) is 4.64. The molecule has 0 N–H and O–H groups in total. The molecule has 0 saturated carbocycles. The Hall–Kier alpha value is -2.41. The van der Waals surface area contributed by atoms with Crippen molar-refractivity contribution in [2.75, 3.05) is 14.1 Å². The monoisotopic (exact) mass is 227 g/mol. The van der Waals surface area contributed by atoms with Gasteiger partial charge in [-0.25, -0.2) is 0 Å². The maximum atomic E-state index is 11.6. The molecule has 0 aliphatic rings. The summed E-state index contributed by atoms with van der Waals surface area (Å²) in [6, 6.07) is 11.0. The van der Waals surface area contributed by atoms with Gasteiger partial charge in [0, 0.05) is 14.1 Å². The molecule has 0 aromatic heterocycles. The molecule has 0 bridgehead atoms. The zero-order valence-electron chi connectivity index (χ0n) is 9.79. The summed E-state index contributed by atoms with van der Waals surface area (Å²) in [5.41, 5.74) is 0.826. The molecule has 1 aromatic carbocycles. The number of hydrogen-bond donors (Lipinski definition) is 0. The Morgan fingerprint density at radius 3 is 2.53 bits per heavy atom. The Labute approximate surface area is 101 Å². The number of rotatable bonds is 3. The standard InChI is InChI=1S/C13H13N3O/c1-16(2)10-15-13(17)12(9-14)8-11-6-4-3-5-7-11/h3-8,10H,1-2H3/b12-8+,15-10?. The lowest BCUT2D eigenvalue weighted by molar-refractivity contribution is -0.113. The second-order valence-corrected chi connectivity index (χ2v) is 3.59. The van der Waals surface area contributed by atoms with Gasteiger partial charge in [0.1, 0.15) is 11.6 Å². The van der Waals surface area contributed by atoms with Gasteiger partial charge in [-0.05, 0) is 11.6 Å². The van der Waals surface area contributed by atoms with E-state index in [-0.39, 0.29) is 5.57 Å². The van der Waals surface area contributed by atoms with E-state index in [1.807, 2.05) is 36.4 Å². The second-order valence-electron chi connectivity index (χ2n) is 3.59. The van der Waals surface area contributed by atoms with Crippen LogP contribution in [-0.4, -0.2) is 31.2 Å². The fourth-order valence-electron chi connectivity index (χ4n) is 1.10. The molecule has 17 heavy (non-hydrogen) atoms. The molecule has 0 radical (unpaired) electrons. The maximum Gasteiger partial charge on any atom is 0.289 e. The molecule has 0 aliphatic carbocycles. The van der Waals surface area contributed by atoms with Crippen LogP contribution in [0.1, 0.15) is 5.56 Å². The summed E-state index contributed by atoms with van der Waals surface area (Å²) < 4.78 is 0. The van der Waals surface area contributed by atoms with Gasteiger partial charge in [-0.3, -0.25) is 4.79 Å². The van der Waals surface area contributed by atoms with Crippen molar-refractivity contribution in [2.45, 2.75) is 0 Å². The van der Waals surface area contributed by atoms with E-state index in [1.165, 1.54) is 12.4 Å². The zero-order valence-corrected chi connectivity index (χ0v) is 9.79. The third-order valence-corrected chi connectivity index (χ3v) is 1.87. The summed E-state index contributed by atoms with van der Waals surface area (Å²) in [7, 11) is 3.51. The van der Waals surface area contributed by atoms with E-state index in [4.69, 9.17) is 5.26 Å². The van der Waals surface area contributed by atoms with Gasteiger partial charge in [0.25, 0.3) is 5.91 Å². The van der Waals surface area contributed by atoms with Crippen LogP contribution in [0.4, 0.5) is 0 Å². The molecule has 0 spiro atoms. The molecule has 1 aromatic rings. The number of hydrogen-bond acceptors (Lipinski definition) is 2. The van der Waals surface area contributed by atoms with Crippen LogP contribution < -0.4 is 0 Å².